The molecule has 0 unspecified atom stereocenters. The van der Waals surface area contributed by atoms with Crippen LogP contribution in [-0.4, -0.2) is 18.2 Å². The zero-order chi connectivity index (χ0) is 14.4. The average molecular weight is 270 g/mol. The van der Waals surface area contributed by atoms with E-state index in [1.165, 1.54) is 19.3 Å². The third kappa shape index (κ3) is 3.62. The lowest BCUT2D eigenvalue weighted by atomic mass is 10.2. The van der Waals surface area contributed by atoms with Gasteiger partial charge in [0.2, 0.25) is 0 Å². The van der Waals surface area contributed by atoms with Gasteiger partial charge in [-0.3, -0.25) is 0 Å². The van der Waals surface area contributed by atoms with E-state index in [2.05, 4.69) is 0 Å². The van der Waals surface area contributed by atoms with E-state index in [1.807, 2.05) is 6.07 Å². The molecule has 2 aromatic carbocycles. The monoisotopic (exact) mass is 270 g/mol. The molecule has 0 aliphatic carbocycles. The van der Waals surface area contributed by atoms with E-state index >= 15 is 0 Å². The van der Waals surface area contributed by atoms with Crippen molar-refractivity contribution in [1.29, 1.82) is 0 Å². The van der Waals surface area contributed by atoms with Crippen molar-refractivity contribution in [3.05, 3.63) is 60.2 Å². The maximum atomic E-state index is 11.6. The highest BCUT2D eigenvalue weighted by Gasteiger charge is 2.02. The molecular weight excluding hydrogens is 256 g/mol. The molecule has 2 aromatic rings. The molecule has 0 heterocycles. The molecule has 102 valence electrons. The summed E-state index contributed by atoms with van der Waals surface area (Å²) in [4.78, 5) is 11.6. The Balaban J connectivity index is 2.02. The summed E-state index contributed by atoms with van der Waals surface area (Å²) in [6.45, 7) is 0. The average Bonchev–Trinajstić information content (AvgIpc) is 2.46. The molecule has 1 N–H and O–H groups in total. The fourth-order valence-corrected chi connectivity index (χ4v) is 1.61. The Morgan fingerprint density at radius 2 is 1.90 bits per heavy atom. The third-order valence-corrected chi connectivity index (χ3v) is 2.58. The second-order valence-electron chi connectivity index (χ2n) is 4.00. The lowest BCUT2D eigenvalue weighted by molar-refractivity contribution is -0.128. The van der Waals surface area contributed by atoms with Gasteiger partial charge in [-0.2, -0.15) is 0 Å². The molecule has 0 aliphatic heterocycles. The van der Waals surface area contributed by atoms with Gasteiger partial charge in [0.1, 0.15) is 5.75 Å². The quantitative estimate of drug-likeness (QED) is 0.527. The van der Waals surface area contributed by atoms with E-state index in [1.54, 1.807) is 42.5 Å². The van der Waals surface area contributed by atoms with Crippen LogP contribution in [0.3, 0.4) is 0 Å². The first-order chi connectivity index (χ1) is 9.69. The number of ether oxygens (including phenoxy) is 2. The molecule has 0 fully saturated rings. The second-order valence-corrected chi connectivity index (χ2v) is 4.00. The SMILES string of the molecule is COc1ccc(/C=C/C(=O)Oc2ccccc2)cc1O. The van der Waals surface area contributed by atoms with Gasteiger partial charge < -0.3 is 14.6 Å². The van der Waals surface area contributed by atoms with Crippen LogP contribution in [0.25, 0.3) is 6.08 Å². The van der Waals surface area contributed by atoms with E-state index in [-0.39, 0.29) is 5.75 Å². The van der Waals surface area contributed by atoms with Crippen molar-refractivity contribution in [3.8, 4) is 17.2 Å². The fraction of sp³-hybridized carbons (Fsp3) is 0.0625. The molecule has 0 bridgehead atoms. The van der Waals surface area contributed by atoms with Crippen molar-refractivity contribution in [1.82, 2.24) is 0 Å². The van der Waals surface area contributed by atoms with Gasteiger partial charge in [-0.05, 0) is 35.9 Å². The lowest BCUT2D eigenvalue weighted by Gasteiger charge is -2.03. The van der Waals surface area contributed by atoms with E-state index in [0.717, 1.165) is 0 Å². The van der Waals surface area contributed by atoms with Crippen LogP contribution in [0.15, 0.2) is 54.6 Å². The molecule has 2 rings (SSSR count). The molecule has 4 nitrogen and oxygen atoms in total. The molecule has 4 heteroatoms. The lowest BCUT2D eigenvalue weighted by Crippen LogP contribution is -2.03. The van der Waals surface area contributed by atoms with Gasteiger partial charge in [-0.25, -0.2) is 4.79 Å². The Morgan fingerprint density at radius 3 is 2.55 bits per heavy atom. The molecule has 0 radical (unpaired) electrons. The molecular formula is C16H14O4. The molecule has 0 aromatic heterocycles. The fourth-order valence-electron chi connectivity index (χ4n) is 1.61. The molecule has 0 saturated carbocycles. The summed E-state index contributed by atoms with van der Waals surface area (Å²) in [5, 5.41) is 9.62. The maximum Gasteiger partial charge on any atom is 0.336 e. The minimum absolute atomic E-state index is 0.0195. The number of phenols is 1. The van der Waals surface area contributed by atoms with Crippen LogP contribution < -0.4 is 9.47 Å². The molecule has 0 spiro atoms. The van der Waals surface area contributed by atoms with Gasteiger partial charge in [0.25, 0.3) is 0 Å². The number of aromatic hydroxyl groups is 1. The predicted molar refractivity (Wildman–Crippen MR) is 75.8 cm³/mol. The summed E-state index contributed by atoms with van der Waals surface area (Å²) in [5.41, 5.74) is 0.674. The first-order valence-corrected chi connectivity index (χ1v) is 6.01. The zero-order valence-corrected chi connectivity index (χ0v) is 10.9. The Kier molecular flexibility index (Phi) is 4.39. The second kappa shape index (κ2) is 6.43. The van der Waals surface area contributed by atoms with Crippen LogP contribution in [0.4, 0.5) is 0 Å². The van der Waals surface area contributed by atoms with Crippen molar-refractivity contribution in [2.24, 2.45) is 0 Å². The van der Waals surface area contributed by atoms with Crippen LogP contribution in [0.5, 0.6) is 17.2 Å². The normalized spacial score (nSPS) is 10.4. The first kappa shape index (κ1) is 13.7. The summed E-state index contributed by atoms with van der Waals surface area (Å²) >= 11 is 0. The molecule has 0 aliphatic rings. The van der Waals surface area contributed by atoms with Crippen LogP contribution in [0, 0.1) is 0 Å². The Labute approximate surface area is 116 Å². The van der Waals surface area contributed by atoms with Gasteiger partial charge in [0.15, 0.2) is 11.5 Å². The van der Waals surface area contributed by atoms with Gasteiger partial charge in [-0.15, -0.1) is 0 Å². The Hall–Kier alpha value is -2.75. The number of phenolic OH excluding ortho intramolecular Hbond substituents is 1. The van der Waals surface area contributed by atoms with E-state index in [0.29, 0.717) is 17.1 Å². The van der Waals surface area contributed by atoms with E-state index in [4.69, 9.17) is 9.47 Å². The number of esters is 1. The Morgan fingerprint density at radius 1 is 1.15 bits per heavy atom. The smallest absolute Gasteiger partial charge is 0.336 e. The van der Waals surface area contributed by atoms with Crippen molar-refractivity contribution < 1.29 is 19.4 Å². The van der Waals surface area contributed by atoms with E-state index < -0.39 is 5.97 Å². The number of hydrogen-bond acceptors (Lipinski definition) is 4. The van der Waals surface area contributed by atoms with Crippen molar-refractivity contribution in [2.45, 2.75) is 0 Å². The van der Waals surface area contributed by atoms with Gasteiger partial charge in [0, 0.05) is 6.08 Å². The van der Waals surface area contributed by atoms with Gasteiger partial charge in [0.05, 0.1) is 7.11 Å². The maximum absolute atomic E-state index is 11.6. The number of hydrogen-bond donors (Lipinski definition) is 1. The van der Waals surface area contributed by atoms with Crippen LogP contribution in [-0.2, 0) is 4.79 Å². The summed E-state index contributed by atoms with van der Waals surface area (Å²) in [6, 6.07) is 13.7. The van der Waals surface area contributed by atoms with Crippen LogP contribution >= 0.6 is 0 Å². The van der Waals surface area contributed by atoms with Gasteiger partial charge in [-0.1, -0.05) is 24.3 Å². The standard InChI is InChI=1S/C16H14O4/c1-19-15-9-7-12(11-14(15)17)8-10-16(18)20-13-5-3-2-4-6-13/h2-11,17H,1H3/b10-8+. The number of rotatable bonds is 4. The summed E-state index contributed by atoms with van der Waals surface area (Å²) in [7, 11) is 1.47. The topological polar surface area (TPSA) is 55.8 Å². The number of para-hydroxylation sites is 1. The third-order valence-electron chi connectivity index (χ3n) is 2.58. The first-order valence-electron chi connectivity index (χ1n) is 6.01. The molecule has 0 saturated heterocycles. The Bertz CT molecular complexity index is 618. The highest BCUT2D eigenvalue weighted by molar-refractivity contribution is 5.88. The van der Waals surface area contributed by atoms with Gasteiger partial charge >= 0.3 is 5.97 Å². The summed E-state index contributed by atoms with van der Waals surface area (Å²) in [6.07, 6.45) is 2.86. The van der Waals surface area contributed by atoms with Crippen LogP contribution in [0.1, 0.15) is 5.56 Å². The number of methoxy groups -OCH3 is 1. The molecule has 0 atom stereocenters. The minimum atomic E-state index is -0.480. The predicted octanol–water partition coefficient (Wildman–Crippen LogP) is 3.02. The van der Waals surface area contributed by atoms with E-state index in [9.17, 15) is 9.90 Å². The summed E-state index contributed by atoms with van der Waals surface area (Å²) < 4.78 is 10.0. The summed E-state index contributed by atoms with van der Waals surface area (Å²) in [5.74, 6) is 0.409. The van der Waals surface area contributed by atoms with Crippen molar-refractivity contribution in [2.75, 3.05) is 7.11 Å². The van der Waals surface area contributed by atoms with Crippen molar-refractivity contribution >= 4 is 12.0 Å². The number of benzene rings is 2. The zero-order valence-electron chi connectivity index (χ0n) is 10.9. The highest BCUT2D eigenvalue weighted by Crippen LogP contribution is 2.26. The van der Waals surface area contributed by atoms with Crippen molar-refractivity contribution in [3.63, 3.8) is 0 Å². The van der Waals surface area contributed by atoms with Crippen LogP contribution in [0.2, 0.25) is 0 Å². The number of carbonyl (C=O) groups excluding carboxylic acids is 1. The molecule has 20 heavy (non-hydrogen) atoms. The molecule has 0 amide bonds. The minimum Gasteiger partial charge on any atom is -0.504 e. The highest BCUT2D eigenvalue weighted by atomic mass is 16.5. The number of carbonyl (C=O) groups is 1. The largest absolute Gasteiger partial charge is 0.504 e.